The van der Waals surface area contributed by atoms with E-state index < -0.39 is 0 Å². The van der Waals surface area contributed by atoms with Gasteiger partial charge in [0.15, 0.2) is 0 Å². The number of carbonyl (C=O) groups is 1. The first-order valence-electron chi connectivity index (χ1n) is 6.58. The Kier molecular flexibility index (Phi) is 6.44. The molecule has 0 heterocycles. The molecule has 3 heteroatoms. The van der Waals surface area contributed by atoms with Crippen LogP contribution in [-0.2, 0) is 11.2 Å². The summed E-state index contributed by atoms with van der Waals surface area (Å²) in [7, 11) is 0. The van der Waals surface area contributed by atoms with Crippen LogP contribution in [0.25, 0.3) is 0 Å². The van der Waals surface area contributed by atoms with E-state index in [0.717, 1.165) is 19.3 Å². The largest absolute Gasteiger partial charge is 0.394 e. The van der Waals surface area contributed by atoms with Gasteiger partial charge in [-0.3, -0.25) is 4.79 Å². The molecule has 0 aliphatic heterocycles. The highest BCUT2D eigenvalue weighted by atomic mass is 16.3. The maximum absolute atomic E-state index is 11.7. The molecule has 0 spiro atoms. The number of aliphatic hydroxyl groups excluding tert-OH is 1. The Morgan fingerprint density at radius 1 is 1.28 bits per heavy atom. The smallest absolute Gasteiger partial charge is 0.223 e. The Bertz CT molecular complexity index is 351. The second-order valence-electron chi connectivity index (χ2n) is 4.87. The number of nitrogens with one attached hydrogen (secondary N) is 1. The number of aryl methyl sites for hydroxylation is 1. The first-order valence-corrected chi connectivity index (χ1v) is 6.58. The lowest BCUT2D eigenvalue weighted by Gasteiger charge is -2.15. The highest BCUT2D eigenvalue weighted by molar-refractivity contribution is 5.78. The Hall–Kier alpha value is -1.35. The van der Waals surface area contributed by atoms with E-state index in [2.05, 4.69) is 17.4 Å². The monoisotopic (exact) mass is 249 g/mol. The normalized spacial score (nSPS) is 13.9. The summed E-state index contributed by atoms with van der Waals surface area (Å²) < 4.78 is 0. The molecule has 1 aromatic rings. The van der Waals surface area contributed by atoms with Gasteiger partial charge in [0, 0.05) is 12.0 Å². The summed E-state index contributed by atoms with van der Waals surface area (Å²) >= 11 is 0. The van der Waals surface area contributed by atoms with Gasteiger partial charge in [0.1, 0.15) is 0 Å². The summed E-state index contributed by atoms with van der Waals surface area (Å²) in [6, 6.07) is 10.1. The van der Waals surface area contributed by atoms with Gasteiger partial charge in [-0.15, -0.1) is 0 Å². The highest BCUT2D eigenvalue weighted by Gasteiger charge is 2.14. The van der Waals surface area contributed by atoms with Crippen LogP contribution in [0.4, 0.5) is 0 Å². The van der Waals surface area contributed by atoms with Crippen molar-refractivity contribution in [2.45, 2.75) is 39.2 Å². The van der Waals surface area contributed by atoms with Crippen molar-refractivity contribution in [3.8, 4) is 0 Å². The summed E-state index contributed by atoms with van der Waals surface area (Å²) in [5.74, 6) is 0.0346. The molecular weight excluding hydrogens is 226 g/mol. The number of hydrogen-bond acceptors (Lipinski definition) is 2. The van der Waals surface area contributed by atoms with Gasteiger partial charge in [0.05, 0.1) is 6.61 Å². The third-order valence-corrected chi connectivity index (χ3v) is 3.06. The van der Waals surface area contributed by atoms with Gasteiger partial charge in [-0.05, 0) is 31.7 Å². The van der Waals surface area contributed by atoms with Crippen molar-refractivity contribution in [2.24, 2.45) is 5.92 Å². The van der Waals surface area contributed by atoms with E-state index in [1.807, 2.05) is 25.1 Å². The first kappa shape index (κ1) is 14.7. The Morgan fingerprint density at radius 3 is 2.56 bits per heavy atom. The quantitative estimate of drug-likeness (QED) is 0.778. The van der Waals surface area contributed by atoms with Crippen LogP contribution in [0.15, 0.2) is 30.3 Å². The van der Waals surface area contributed by atoms with Gasteiger partial charge in [0.2, 0.25) is 5.91 Å². The van der Waals surface area contributed by atoms with Crippen LogP contribution in [0.1, 0.15) is 32.3 Å². The minimum Gasteiger partial charge on any atom is -0.394 e. The van der Waals surface area contributed by atoms with Gasteiger partial charge >= 0.3 is 0 Å². The predicted octanol–water partition coefficient (Wildman–Crippen LogP) is 2.14. The van der Waals surface area contributed by atoms with Crippen LogP contribution in [0.3, 0.4) is 0 Å². The van der Waals surface area contributed by atoms with Crippen LogP contribution in [0.5, 0.6) is 0 Å². The van der Waals surface area contributed by atoms with Crippen LogP contribution in [0.2, 0.25) is 0 Å². The number of aliphatic hydroxyl groups is 1. The molecule has 0 aliphatic carbocycles. The van der Waals surface area contributed by atoms with E-state index in [1.54, 1.807) is 6.92 Å². The summed E-state index contributed by atoms with van der Waals surface area (Å²) in [5.41, 5.74) is 1.31. The molecule has 1 rings (SSSR count). The molecule has 0 saturated heterocycles. The third kappa shape index (κ3) is 5.32. The molecule has 0 saturated carbocycles. The standard InChI is InChI=1S/C15H23NO2/c1-12(15(18)16-13(2)11-17)7-6-10-14-8-4-3-5-9-14/h3-5,8-9,12-13,17H,6-7,10-11H2,1-2H3,(H,16,18). The average Bonchev–Trinajstić information content (AvgIpc) is 2.39. The molecular formula is C15H23NO2. The average molecular weight is 249 g/mol. The molecule has 2 N–H and O–H groups in total. The zero-order valence-electron chi connectivity index (χ0n) is 11.2. The molecule has 0 bridgehead atoms. The molecule has 0 aromatic heterocycles. The van der Waals surface area contributed by atoms with Crippen LogP contribution >= 0.6 is 0 Å². The maximum Gasteiger partial charge on any atom is 0.223 e. The van der Waals surface area contributed by atoms with Crippen molar-refractivity contribution in [1.29, 1.82) is 0 Å². The van der Waals surface area contributed by atoms with Crippen molar-refractivity contribution in [1.82, 2.24) is 5.32 Å². The van der Waals surface area contributed by atoms with E-state index in [-0.39, 0.29) is 24.5 Å². The molecule has 3 nitrogen and oxygen atoms in total. The number of benzene rings is 1. The fraction of sp³-hybridized carbons (Fsp3) is 0.533. The van der Waals surface area contributed by atoms with Gasteiger partial charge in [-0.1, -0.05) is 37.3 Å². The lowest BCUT2D eigenvalue weighted by Crippen LogP contribution is -2.38. The lowest BCUT2D eigenvalue weighted by molar-refractivity contribution is -0.125. The number of amides is 1. The van der Waals surface area contributed by atoms with Gasteiger partial charge in [-0.25, -0.2) is 0 Å². The van der Waals surface area contributed by atoms with Crippen molar-refractivity contribution < 1.29 is 9.90 Å². The molecule has 18 heavy (non-hydrogen) atoms. The molecule has 100 valence electrons. The second kappa shape index (κ2) is 7.88. The van der Waals surface area contributed by atoms with E-state index in [4.69, 9.17) is 5.11 Å². The molecule has 2 atom stereocenters. The van der Waals surface area contributed by atoms with Crippen LogP contribution < -0.4 is 5.32 Å². The maximum atomic E-state index is 11.7. The van der Waals surface area contributed by atoms with E-state index in [1.165, 1.54) is 5.56 Å². The van der Waals surface area contributed by atoms with Gasteiger partial charge < -0.3 is 10.4 Å². The van der Waals surface area contributed by atoms with Crippen LogP contribution in [0, 0.1) is 5.92 Å². The highest BCUT2D eigenvalue weighted by Crippen LogP contribution is 2.10. The molecule has 0 fully saturated rings. The summed E-state index contributed by atoms with van der Waals surface area (Å²) in [6.07, 6.45) is 2.89. The van der Waals surface area contributed by atoms with Crippen LogP contribution in [-0.4, -0.2) is 23.7 Å². The van der Waals surface area contributed by atoms with E-state index in [0.29, 0.717) is 0 Å². The fourth-order valence-electron chi connectivity index (χ4n) is 1.82. The fourth-order valence-corrected chi connectivity index (χ4v) is 1.82. The minimum absolute atomic E-state index is 0.00251. The molecule has 2 unspecified atom stereocenters. The zero-order chi connectivity index (χ0) is 13.4. The summed E-state index contributed by atoms with van der Waals surface area (Å²) in [6.45, 7) is 3.72. The van der Waals surface area contributed by atoms with Gasteiger partial charge in [0.25, 0.3) is 0 Å². The van der Waals surface area contributed by atoms with Gasteiger partial charge in [-0.2, -0.15) is 0 Å². The molecule has 0 radical (unpaired) electrons. The van der Waals surface area contributed by atoms with Crippen molar-refractivity contribution in [3.63, 3.8) is 0 Å². The van der Waals surface area contributed by atoms with E-state index in [9.17, 15) is 4.79 Å². The lowest BCUT2D eigenvalue weighted by atomic mass is 10.00. The van der Waals surface area contributed by atoms with Crippen molar-refractivity contribution in [3.05, 3.63) is 35.9 Å². The predicted molar refractivity (Wildman–Crippen MR) is 73.2 cm³/mol. The Morgan fingerprint density at radius 2 is 1.94 bits per heavy atom. The minimum atomic E-state index is -0.158. The summed E-state index contributed by atoms with van der Waals surface area (Å²) in [4.78, 5) is 11.7. The van der Waals surface area contributed by atoms with Crippen molar-refractivity contribution in [2.75, 3.05) is 6.61 Å². The third-order valence-electron chi connectivity index (χ3n) is 3.06. The number of rotatable bonds is 7. The first-order chi connectivity index (χ1) is 8.63. The molecule has 1 aromatic carbocycles. The van der Waals surface area contributed by atoms with Crippen molar-refractivity contribution >= 4 is 5.91 Å². The van der Waals surface area contributed by atoms with E-state index >= 15 is 0 Å². The zero-order valence-corrected chi connectivity index (χ0v) is 11.2. The molecule has 0 aliphatic rings. The Labute approximate surface area is 109 Å². The SMILES string of the molecule is CC(CO)NC(=O)C(C)CCCc1ccccc1. The number of carbonyl (C=O) groups excluding carboxylic acids is 1. The Balaban J connectivity index is 2.24. The summed E-state index contributed by atoms with van der Waals surface area (Å²) in [5, 5.41) is 11.7. The number of hydrogen-bond donors (Lipinski definition) is 2. The molecule has 1 amide bonds. The second-order valence-corrected chi connectivity index (χ2v) is 4.87. The topological polar surface area (TPSA) is 49.3 Å².